The highest BCUT2D eigenvalue weighted by Gasteiger charge is 2.23. The molecule has 0 fully saturated rings. The summed E-state index contributed by atoms with van der Waals surface area (Å²) >= 11 is 1.66. The van der Waals surface area contributed by atoms with E-state index >= 15 is 0 Å². The molecule has 19 heavy (non-hydrogen) atoms. The SMILES string of the molecule is CC(C)(CNC(=O)c1c[nH]ccc1=O)c1cccs1. The third kappa shape index (κ3) is 3.12. The van der Waals surface area contributed by atoms with Gasteiger partial charge in [0.05, 0.1) is 0 Å². The number of pyridine rings is 1. The summed E-state index contributed by atoms with van der Waals surface area (Å²) in [6, 6.07) is 5.39. The topological polar surface area (TPSA) is 62.0 Å². The summed E-state index contributed by atoms with van der Waals surface area (Å²) in [6.45, 7) is 4.61. The van der Waals surface area contributed by atoms with Gasteiger partial charge in [-0.2, -0.15) is 0 Å². The van der Waals surface area contributed by atoms with Gasteiger partial charge in [-0.3, -0.25) is 9.59 Å². The van der Waals surface area contributed by atoms with Gasteiger partial charge in [-0.1, -0.05) is 19.9 Å². The molecule has 0 aliphatic carbocycles. The smallest absolute Gasteiger partial charge is 0.256 e. The molecule has 0 saturated carbocycles. The van der Waals surface area contributed by atoms with Crippen molar-refractivity contribution < 1.29 is 4.79 Å². The molecule has 0 aliphatic rings. The predicted molar refractivity (Wildman–Crippen MR) is 76.7 cm³/mol. The molecule has 2 aromatic rings. The normalized spacial score (nSPS) is 11.3. The number of H-pyrrole nitrogens is 1. The molecular weight excluding hydrogens is 260 g/mol. The molecule has 2 rings (SSSR count). The second-order valence-electron chi connectivity index (χ2n) is 4.97. The number of hydrogen-bond donors (Lipinski definition) is 2. The van der Waals surface area contributed by atoms with Gasteiger partial charge in [0.1, 0.15) is 5.56 Å². The van der Waals surface area contributed by atoms with E-state index in [1.807, 2.05) is 17.5 Å². The first-order valence-electron chi connectivity index (χ1n) is 6.00. The van der Waals surface area contributed by atoms with E-state index in [0.29, 0.717) is 6.54 Å². The molecule has 0 aliphatic heterocycles. The molecule has 100 valence electrons. The molecule has 2 aromatic heterocycles. The molecular formula is C14H16N2O2S. The molecule has 5 heteroatoms. The van der Waals surface area contributed by atoms with Crippen LogP contribution in [-0.4, -0.2) is 17.4 Å². The standard InChI is InChI=1S/C14H16N2O2S/c1-14(2,12-4-3-7-19-12)9-16-13(18)10-8-15-6-5-11(10)17/h3-8H,9H2,1-2H3,(H,15,17)(H,16,18). The summed E-state index contributed by atoms with van der Waals surface area (Å²) in [6.07, 6.45) is 2.94. The largest absolute Gasteiger partial charge is 0.367 e. The third-order valence-electron chi connectivity index (χ3n) is 2.95. The lowest BCUT2D eigenvalue weighted by molar-refractivity contribution is 0.0944. The van der Waals surface area contributed by atoms with E-state index in [-0.39, 0.29) is 22.3 Å². The summed E-state index contributed by atoms with van der Waals surface area (Å²) in [5.74, 6) is -0.341. The minimum atomic E-state index is -0.341. The molecule has 0 saturated heterocycles. The Morgan fingerprint density at radius 2 is 2.21 bits per heavy atom. The van der Waals surface area contributed by atoms with Crippen molar-refractivity contribution >= 4 is 17.2 Å². The minimum absolute atomic E-state index is 0.143. The van der Waals surface area contributed by atoms with Crippen molar-refractivity contribution in [1.29, 1.82) is 0 Å². The maximum absolute atomic E-state index is 12.0. The van der Waals surface area contributed by atoms with Crippen LogP contribution in [0.5, 0.6) is 0 Å². The Hall–Kier alpha value is -1.88. The molecule has 0 atom stereocenters. The van der Waals surface area contributed by atoms with Crippen LogP contribution in [0.15, 0.2) is 40.8 Å². The number of carbonyl (C=O) groups is 1. The van der Waals surface area contributed by atoms with E-state index in [0.717, 1.165) is 0 Å². The molecule has 4 nitrogen and oxygen atoms in total. The zero-order valence-electron chi connectivity index (χ0n) is 10.9. The first-order chi connectivity index (χ1) is 9.00. The number of aromatic amines is 1. The lowest BCUT2D eigenvalue weighted by Crippen LogP contribution is -2.37. The number of nitrogens with one attached hydrogen (secondary N) is 2. The molecule has 0 unspecified atom stereocenters. The minimum Gasteiger partial charge on any atom is -0.367 e. The van der Waals surface area contributed by atoms with Crippen LogP contribution in [0.1, 0.15) is 29.1 Å². The molecule has 0 radical (unpaired) electrons. The Labute approximate surface area is 115 Å². The highest BCUT2D eigenvalue weighted by Crippen LogP contribution is 2.26. The zero-order chi connectivity index (χ0) is 13.9. The van der Waals surface area contributed by atoms with Gasteiger partial charge in [-0.25, -0.2) is 0 Å². The number of carbonyl (C=O) groups excluding carboxylic acids is 1. The number of thiophene rings is 1. The third-order valence-corrected chi connectivity index (χ3v) is 4.18. The Morgan fingerprint density at radius 3 is 2.84 bits per heavy atom. The lowest BCUT2D eigenvalue weighted by atomic mass is 9.91. The Morgan fingerprint density at radius 1 is 1.42 bits per heavy atom. The van der Waals surface area contributed by atoms with Crippen molar-refractivity contribution in [2.45, 2.75) is 19.3 Å². The quantitative estimate of drug-likeness (QED) is 0.898. The predicted octanol–water partition coefficient (Wildman–Crippen LogP) is 2.14. The van der Waals surface area contributed by atoms with Crippen molar-refractivity contribution in [2.24, 2.45) is 0 Å². The molecule has 2 heterocycles. The van der Waals surface area contributed by atoms with Crippen LogP contribution in [0.4, 0.5) is 0 Å². The van der Waals surface area contributed by atoms with E-state index in [4.69, 9.17) is 0 Å². The van der Waals surface area contributed by atoms with E-state index in [1.165, 1.54) is 23.3 Å². The average molecular weight is 276 g/mol. The van der Waals surface area contributed by atoms with Gasteiger partial charge in [0.15, 0.2) is 5.43 Å². The summed E-state index contributed by atoms with van der Waals surface area (Å²) in [5.41, 5.74) is -0.277. The number of hydrogen-bond acceptors (Lipinski definition) is 3. The Balaban J connectivity index is 2.05. The van der Waals surface area contributed by atoms with Gasteiger partial charge in [0.2, 0.25) is 0 Å². The van der Waals surface area contributed by atoms with Crippen molar-refractivity contribution in [1.82, 2.24) is 10.3 Å². The van der Waals surface area contributed by atoms with Gasteiger partial charge < -0.3 is 10.3 Å². The Bertz CT molecular complexity index is 614. The van der Waals surface area contributed by atoms with E-state index in [2.05, 4.69) is 24.1 Å². The van der Waals surface area contributed by atoms with Crippen LogP contribution < -0.4 is 10.7 Å². The van der Waals surface area contributed by atoms with E-state index < -0.39 is 0 Å². The van der Waals surface area contributed by atoms with Gasteiger partial charge in [0, 0.05) is 35.3 Å². The number of amides is 1. The Kier molecular flexibility index (Phi) is 3.85. The van der Waals surface area contributed by atoms with Crippen LogP contribution in [0.3, 0.4) is 0 Å². The molecule has 0 bridgehead atoms. The first kappa shape index (κ1) is 13.5. The number of rotatable bonds is 4. The fourth-order valence-corrected chi connectivity index (χ4v) is 2.59. The zero-order valence-corrected chi connectivity index (χ0v) is 11.7. The van der Waals surface area contributed by atoms with Crippen LogP contribution in [0.2, 0.25) is 0 Å². The summed E-state index contributed by atoms with van der Waals surface area (Å²) in [5, 5.41) is 4.83. The van der Waals surface area contributed by atoms with Gasteiger partial charge in [-0.05, 0) is 11.4 Å². The molecule has 0 aromatic carbocycles. The lowest BCUT2D eigenvalue weighted by Gasteiger charge is -2.23. The highest BCUT2D eigenvalue weighted by molar-refractivity contribution is 7.10. The van der Waals surface area contributed by atoms with Gasteiger partial charge in [0.25, 0.3) is 5.91 Å². The molecule has 1 amide bonds. The second-order valence-corrected chi connectivity index (χ2v) is 5.91. The van der Waals surface area contributed by atoms with E-state index in [9.17, 15) is 9.59 Å². The van der Waals surface area contributed by atoms with Crippen LogP contribution in [0, 0.1) is 0 Å². The van der Waals surface area contributed by atoms with Crippen LogP contribution in [-0.2, 0) is 5.41 Å². The highest BCUT2D eigenvalue weighted by atomic mass is 32.1. The first-order valence-corrected chi connectivity index (χ1v) is 6.88. The van der Waals surface area contributed by atoms with Crippen molar-refractivity contribution in [2.75, 3.05) is 6.54 Å². The summed E-state index contributed by atoms with van der Waals surface area (Å²) in [4.78, 5) is 27.4. The van der Waals surface area contributed by atoms with Gasteiger partial charge in [-0.15, -0.1) is 11.3 Å². The fraction of sp³-hybridized carbons (Fsp3) is 0.286. The van der Waals surface area contributed by atoms with Crippen molar-refractivity contribution in [3.05, 3.63) is 56.6 Å². The molecule has 0 spiro atoms. The van der Waals surface area contributed by atoms with Crippen molar-refractivity contribution in [3.63, 3.8) is 0 Å². The van der Waals surface area contributed by atoms with E-state index in [1.54, 1.807) is 11.3 Å². The van der Waals surface area contributed by atoms with Crippen LogP contribution >= 0.6 is 11.3 Å². The maximum atomic E-state index is 12.0. The average Bonchev–Trinajstić information content (AvgIpc) is 2.91. The van der Waals surface area contributed by atoms with Gasteiger partial charge >= 0.3 is 0 Å². The molecule has 2 N–H and O–H groups in total. The fourth-order valence-electron chi connectivity index (χ4n) is 1.74. The summed E-state index contributed by atoms with van der Waals surface area (Å²) < 4.78 is 0. The van der Waals surface area contributed by atoms with Crippen LogP contribution in [0.25, 0.3) is 0 Å². The number of aromatic nitrogens is 1. The summed E-state index contributed by atoms with van der Waals surface area (Å²) in [7, 11) is 0. The maximum Gasteiger partial charge on any atom is 0.256 e. The van der Waals surface area contributed by atoms with Crippen molar-refractivity contribution in [3.8, 4) is 0 Å². The second kappa shape index (κ2) is 5.40. The monoisotopic (exact) mass is 276 g/mol.